The summed E-state index contributed by atoms with van der Waals surface area (Å²) in [5.41, 5.74) is 0.943. The number of hydrogen-bond donors (Lipinski definition) is 2. The molecule has 252 valence electrons. The van der Waals surface area contributed by atoms with Gasteiger partial charge in [0.1, 0.15) is 5.75 Å². The minimum atomic E-state index is -0.458. The Hall–Kier alpha value is -2.65. The Morgan fingerprint density at radius 2 is 1.62 bits per heavy atom. The van der Waals surface area contributed by atoms with Crippen LogP contribution in [0.25, 0.3) is 0 Å². The number of aliphatic hydroxyl groups excluding tert-OH is 1. The first-order chi connectivity index (χ1) is 21.7. The highest BCUT2D eigenvalue weighted by atomic mass is 16.5. The second-order valence-corrected chi connectivity index (χ2v) is 13.9. The maximum Gasteiger partial charge on any atom is 0.258 e. The zero-order valence-electron chi connectivity index (χ0n) is 28.1. The molecular formula is C36H57N3O6. The lowest BCUT2D eigenvalue weighted by Crippen LogP contribution is -2.48. The van der Waals surface area contributed by atoms with Crippen molar-refractivity contribution in [3.63, 3.8) is 0 Å². The van der Waals surface area contributed by atoms with Crippen LogP contribution in [0.1, 0.15) is 115 Å². The molecule has 2 aliphatic carbocycles. The number of nitrogens with one attached hydrogen (secondary N) is 1. The van der Waals surface area contributed by atoms with Crippen molar-refractivity contribution >= 4 is 23.4 Å². The molecule has 3 amide bonds. The molecular weight excluding hydrogens is 570 g/mol. The molecule has 2 fully saturated rings. The van der Waals surface area contributed by atoms with Crippen LogP contribution in [0, 0.1) is 17.8 Å². The molecule has 0 unspecified atom stereocenters. The minimum absolute atomic E-state index is 0.00151. The van der Waals surface area contributed by atoms with Gasteiger partial charge >= 0.3 is 0 Å². The van der Waals surface area contributed by atoms with Gasteiger partial charge in [0.2, 0.25) is 11.8 Å². The maximum absolute atomic E-state index is 14.4. The number of ether oxygens (including phenoxy) is 2. The van der Waals surface area contributed by atoms with Crippen LogP contribution in [0.5, 0.6) is 5.75 Å². The van der Waals surface area contributed by atoms with E-state index in [9.17, 15) is 19.5 Å². The fraction of sp³-hybridized carbons (Fsp3) is 0.750. The first-order valence-corrected chi connectivity index (χ1v) is 17.6. The lowest BCUT2D eigenvalue weighted by Gasteiger charge is -2.36. The molecule has 0 bridgehead atoms. The van der Waals surface area contributed by atoms with Gasteiger partial charge in [0, 0.05) is 50.2 Å². The normalized spacial score (nSPS) is 25.4. The molecule has 0 saturated heterocycles. The molecule has 1 aromatic rings. The van der Waals surface area contributed by atoms with Crippen LogP contribution in [-0.4, -0.2) is 84.2 Å². The summed E-state index contributed by atoms with van der Waals surface area (Å²) in [6.07, 6.45) is 12.6. The summed E-state index contributed by atoms with van der Waals surface area (Å²) in [7, 11) is 1.87. The molecule has 0 spiro atoms. The molecule has 3 aliphatic rings. The van der Waals surface area contributed by atoms with Crippen LogP contribution in [0.15, 0.2) is 18.2 Å². The van der Waals surface area contributed by atoms with Crippen LogP contribution in [0.4, 0.5) is 5.69 Å². The van der Waals surface area contributed by atoms with Crippen molar-refractivity contribution < 1.29 is 29.0 Å². The highest BCUT2D eigenvalue weighted by Gasteiger charge is 2.32. The highest BCUT2D eigenvalue weighted by Crippen LogP contribution is 2.31. The summed E-state index contributed by atoms with van der Waals surface area (Å²) >= 11 is 0. The average molecular weight is 628 g/mol. The van der Waals surface area contributed by atoms with E-state index in [1.807, 2.05) is 31.9 Å². The van der Waals surface area contributed by atoms with E-state index < -0.39 is 6.04 Å². The summed E-state index contributed by atoms with van der Waals surface area (Å²) < 4.78 is 12.8. The van der Waals surface area contributed by atoms with Gasteiger partial charge < -0.3 is 29.7 Å². The fourth-order valence-corrected chi connectivity index (χ4v) is 7.09. The summed E-state index contributed by atoms with van der Waals surface area (Å²) in [6, 6.07) is 4.87. The average Bonchev–Trinajstić information content (AvgIpc) is 3.06. The first-order valence-electron chi connectivity index (χ1n) is 17.6. The van der Waals surface area contributed by atoms with Gasteiger partial charge in [-0.3, -0.25) is 14.4 Å². The highest BCUT2D eigenvalue weighted by molar-refractivity contribution is 6.00. The summed E-state index contributed by atoms with van der Waals surface area (Å²) in [5, 5.41) is 13.3. The van der Waals surface area contributed by atoms with E-state index in [4.69, 9.17) is 9.47 Å². The van der Waals surface area contributed by atoms with E-state index >= 15 is 0 Å². The number of fused-ring (bicyclic) bond motifs is 1. The largest absolute Gasteiger partial charge is 0.490 e. The van der Waals surface area contributed by atoms with Crippen molar-refractivity contribution in [2.75, 3.05) is 38.7 Å². The van der Waals surface area contributed by atoms with Gasteiger partial charge in [-0.15, -0.1) is 0 Å². The molecule has 0 aromatic heterocycles. The number of aliphatic hydroxyl groups is 1. The molecule has 4 rings (SSSR count). The van der Waals surface area contributed by atoms with Gasteiger partial charge in [0.25, 0.3) is 5.91 Å². The van der Waals surface area contributed by atoms with Crippen molar-refractivity contribution in [1.29, 1.82) is 0 Å². The number of hydrogen-bond acceptors (Lipinski definition) is 6. The molecule has 45 heavy (non-hydrogen) atoms. The predicted molar refractivity (Wildman–Crippen MR) is 176 cm³/mol. The number of nitrogens with zero attached hydrogens (tertiary/aromatic N) is 2. The van der Waals surface area contributed by atoms with Crippen LogP contribution >= 0.6 is 0 Å². The summed E-state index contributed by atoms with van der Waals surface area (Å²) in [4.78, 5) is 44.3. The molecule has 0 radical (unpaired) electrons. The molecule has 9 nitrogen and oxygen atoms in total. The Morgan fingerprint density at radius 1 is 0.978 bits per heavy atom. The summed E-state index contributed by atoms with van der Waals surface area (Å²) in [5.74, 6) is 0.366. The number of carbonyl (C=O) groups excluding carboxylic acids is 3. The number of rotatable bonds is 7. The van der Waals surface area contributed by atoms with E-state index in [1.165, 1.54) is 12.8 Å². The third-order valence-electron chi connectivity index (χ3n) is 10.1. The first kappa shape index (κ1) is 35.2. The molecule has 2 saturated carbocycles. The van der Waals surface area contributed by atoms with Gasteiger partial charge in [-0.25, -0.2) is 0 Å². The number of amides is 3. The molecule has 9 heteroatoms. The lowest BCUT2D eigenvalue weighted by molar-refractivity contribution is -0.138. The smallest absolute Gasteiger partial charge is 0.258 e. The third-order valence-corrected chi connectivity index (χ3v) is 10.1. The van der Waals surface area contributed by atoms with Gasteiger partial charge in [-0.05, 0) is 77.0 Å². The second-order valence-electron chi connectivity index (χ2n) is 13.9. The van der Waals surface area contributed by atoms with Crippen molar-refractivity contribution in [3.05, 3.63) is 23.8 Å². The van der Waals surface area contributed by atoms with Crippen LogP contribution in [0.3, 0.4) is 0 Å². The zero-order valence-corrected chi connectivity index (χ0v) is 28.1. The minimum Gasteiger partial charge on any atom is -0.490 e. The van der Waals surface area contributed by atoms with Crippen molar-refractivity contribution in [2.24, 2.45) is 17.8 Å². The quantitative estimate of drug-likeness (QED) is 0.382. The Morgan fingerprint density at radius 3 is 2.29 bits per heavy atom. The molecule has 1 aromatic carbocycles. The van der Waals surface area contributed by atoms with Crippen LogP contribution < -0.4 is 10.1 Å². The van der Waals surface area contributed by atoms with E-state index in [-0.39, 0.29) is 54.3 Å². The monoisotopic (exact) mass is 627 g/mol. The van der Waals surface area contributed by atoms with E-state index in [0.29, 0.717) is 36.7 Å². The molecule has 1 heterocycles. The number of benzene rings is 1. The van der Waals surface area contributed by atoms with Crippen LogP contribution in [-0.2, 0) is 14.3 Å². The van der Waals surface area contributed by atoms with Crippen molar-refractivity contribution in [3.8, 4) is 5.75 Å². The molecule has 1 aliphatic heterocycles. The van der Waals surface area contributed by atoms with E-state index in [2.05, 4.69) is 12.2 Å². The van der Waals surface area contributed by atoms with Gasteiger partial charge in [0.05, 0.1) is 30.4 Å². The molecule has 2 N–H and O–H groups in total. The zero-order chi connectivity index (χ0) is 32.3. The number of likely N-dealkylation sites (N-methyl/N-ethyl adjacent to an activating group) is 1. The standard InChI is InChI=1S/C36H57N3O6/c1-25-22-39(26(2)24-40)36(43)31-21-30(37-34(41)28-14-7-5-8-15-28)18-19-32(31)45-27(3)13-11-12-20-44-33(25)23-38(4)35(42)29-16-9-6-10-17-29/h18-19,21,25-29,33,40H,5-17,20,22-24H2,1-4H3,(H,37,41)/t25-,26-,27-,33+/m1/s1. The summed E-state index contributed by atoms with van der Waals surface area (Å²) in [6.45, 7) is 7.06. The number of carbonyl (C=O) groups is 3. The number of anilines is 1. The van der Waals surface area contributed by atoms with E-state index in [1.54, 1.807) is 17.0 Å². The second kappa shape index (κ2) is 17.3. The van der Waals surface area contributed by atoms with Gasteiger partial charge in [0.15, 0.2) is 0 Å². The third kappa shape index (κ3) is 9.92. The Balaban J connectivity index is 1.58. The maximum atomic E-state index is 14.4. The Labute approximate surface area is 270 Å². The lowest BCUT2D eigenvalue weighted by atomic mass is 9.88. The van der Waals surface area contributed by atoms with Gasteiger partial charge in [-0.1, -0.05) is 45.4 Å². The Bertz CT molecular complexity index is 1120. The topological polar surface area (TPSA) is 108 Å². The Kier molecular flexibility index (Phi) is 13.5. The van der Waals surface area contributed by atoms with Crippen molar-refractivity contribution in [1.82, 2.24) is 9.80 Å². The van der Waals surface area contributed by atoms with E-state index in [0.717, 1.165) is 70.6 Å². The van der Waals surface area contributed by atoms with Crippen molar-refractivity contribution in [2.45, 2.75) is 122 Å². The fourth-order valence-electron chi connectivity index (χ4n) is 7.09. The van der Waals surface area contributed by atoms with Crippen LogP contribution in [0.2, 0.25) is 0 Å². The molecule has 4 atom stereocenters. The SMILES string of the molecule is C[C@@H]1CCCCO[C@@H](CN(C)C(=O)C2CCCCC2)[C@H](C)CN([C@H](C)CO)C(=O)c2cc(NC(=O)C3CCCCC3)ccc2O1. The predicted octanol–water partition coefficient (Wildman–Crippen LogP) is 6.04. The van der Waals surface area contributed by atoms with Gasteiger partial charge in [-0.2, -0.15) is 0 Å².